The molecule has 1 aliphatic rings. The largest absolute Gasteiger partial charge is 0.494 e. The molecule has 0 aromatic heterocycles. The molecule has 1 fully saturated rings. The Labute approximate surface area is 86.0 Å². The minimum atomic E-state index is -0.455. The molecule has 0 spiro atoms. The van der Waals surface area contributed by atoms with Crippen molar-refractivity contribution >= 4 is 6.09 Å². The molecule has 1 aliphatic heterocycles. The van der Waals surface area contributed by atoms with Crippen molar-refractivity contribution in [2.24, 2.45) is 0 Å². The van der Waals surface area contributed by atoms with Crippen molar-refractivity contribution in [1.29, 1.82) is 0 Å². The molecule has 15 heavy (non-hydrogen) atoms. The van der Waals surface area contributed by atoms with Gasteiger partial charge in [0.1, 0.15) is 6.61 Å². The standard InChI is InChI=1S/C10H10FNO3/c1-14-9-4-6(2-3-7(9)11)8-5-15-10(13)12-8/h2-4,8H,5H2,1H3,(H,12,13). The summed E-state index contributed by atoms with van der Waals surface area (Å²) in [5, 5.41) is 2.60. The van der Waals surface area contributed by atoms with Crippen molar-refractivity contribution in [3.05, 3.63) is 29.6 Å². The normalized spacial score (nSPS) is 19.6. The van der Waals surface area contributed by atoms with Crippen LogP contribution in [0, 0.1) is 5.82 Å². The molecule has 1 atom stereocenters. The predicted octanol–water partition coefficient (Wildman–Crippen LogP) is 1.62. The number of cyclic esters (lactones) is 1. The van der Waals surface area contributed by atoms with Crippen molar-refractivity contribution in [3.8, 4) is 5.75 Å². The van der Waals surface area contributed by atoms with Gasteiger partial charge in [-0.05, 0) is 17.7 Å². The van der Waals surface area contributed by atoms with Crippen LogP contribution in [0.3, 0.4) is 0 Å². The van der Waals surface area contributed by atoms with Crippen LogP contribution in [0.4, 0.5) is 9.18 Å². The molecule has 1 heterocycles. The summed E-state index contributed by atoms with van der Waals surface area (Å²) in [5.74, 6) is -0.264. The average Bonchev–Trinajstić information content (AvgIpc) is 2.66. The molecule has 0 radical (unpaired) electrons. The molecule has 0 saturated carbocycles. The van der Waals surface area contributed by atoms with E-state index in [0.717, 1.165) is 5.56 Å². The molecule has 1 aromatic rings. The highest BCUT2D eigenvalue weighted by Gasteiger charge is 2.24. The lowest BCUT2D eigenvalue weighted by Gasteiger charge is -2.09. The van der Waals surface area contributed by atoms with E-state index in [1.165, 1.54) is 13.2 Å². The van der Waals surface area contributed by atoms with Gasteiger partial charge in [0.05, 0.1) is 13.2 Å². The smallest absolute Gasteiger partial charge is 0.407 e. The number of alkyl carbamates (subject to hydrolysis) is 1. The second kappa shape index (κ2) is 3.76. The zero-order chi connectivity index (χ0) is 10.8. The summed E-state index contributed by atoms with van der Waals surface area (Å²) in [5.41, 5.74) is 0.763. The van der Waals surface area contributed by atoms with Crippen LogP contribution in [-0.2, 0) is 4.74 Å². The van der Waals surface area contributed by atoms with E-state index in [1.54, 1.807) is 12.1 Å². The van der Waals surface area contributed by atoms with Crippen molar-refractivity contribution in [3.63, 3.8) is 0 Å². The van der Waals surface area contributed by atoms with E-state index in [4.69, 9.17) is 9.47 Å². The molecule has 1 saturated heterocycles. The van der Waals surface area contributed by atoms with Crippen molar-refractivity contribution in [2.75, 3.05) is 13.7 Å². The number of hydrogen-bond donors (Lipinski definition) is 1. The Bertz CT molecular complexity index is 394. The highest BCUT2D eigenvalue weighted by molar-refractivity contribution is 5.70. The summed E-state index contributed by atoms with van der Waals surface area (Å²) >= 11 is 0. The fourth-order valence-corrected chi connectivity index (χ4v) is 1.46. The van der Waals surface area contributed by atoms with Gasteiger partial charge in [-0.1, -0.05) is 6.07 Å². The minimum absolute atomic E-state index is 0.161. The van der Waals surface area contributed by atoms with Gasteiger partial charge in [-0.3, -0.25) is 0 Å². The highest BCUT2D eigenvalue weighted by Crippen LogP contribution is 2.24. The van der Waals surface area contributed by atoms with Crippen molar-refractivity contribution in [2.45, 2.75) is 6.04 Å². The van der Waals surface area contributed by atoms with Crippen LogP contribution >= 0.6 is 0 Å². The third kappa shape index (κ3) is 1.86. The molecule has 1 N–H and O–H groups in total. The molecule has 0 aliphatic carbocycles. The number of carbonyl (C=O) groups is 1. The molecule has 2 rings (SSSR count). The topological polar surface area (TPSA) is 47.6 Å². The zero-order valence-corrected chi connectivity index (χ0v) is 8.12. The first-order valence-electron chi connectivity index (χ1n) is 4.47. The van der Waals surface area contributed by atoms with Gasteiger partial charge < -0.3 is 14.8 Å². The number of benzene rings is 1. The first kappa shape index (κ1) is 9.76. The lowest BCUT2D eigenvalue weighted by Crippen LogP contribution is -2.18. The van der Waals surface area contributed by atoms with Gasteiger partial charge in [0, 0.05) is 0 Å². The molecular weight excluding hydrogens is 201 g/mol. The predicted molar refractivity (Wildman–Crippen MR) is 50.2 cm³/mol. The summed E-state index contributed by atoms with van der Waals surface area (Å²) in [6, 6.07) is 4.22. The maximum Gasteiger partial charge on any atom is 0.407 e. The first-order chi connectivity index (χ1) is 7.20. The number of halogens is 1. The number of nitrogens with one attached hydrogen (secondary N) is 1. The van der Waals surface area contributed by atoms with E-state index >= 15 is 0 Å². The van der Waals surface area contributed by atoms with Crippen LogP contribution in [0.2, 0.25) is 0 Å². The third-order valence-electron chi connectivity index (χ3n) is 2.25. The maximum absolute atomic E-state index is 13.1. The number of hydrogen-bond acceptors (Lipinski definition) is 3. The van der Waals surface area contributed by atoms with Gasteiger partial charge in [-0.25, -0.2) is 9.18 Å². The van der Waals surface area contributed by atoms with E-state index in [9.17, 15) is 9.18 Å². The first-order valence-corrected chi connectivity index (χ1v) is 4.47. The maximum atomic E-state index is 13.1. The summed E-state index contributed by atoms with van der Waals surface area (Å²) in [7, 11) is 1.39. The zero-order valence-electron chi connectivity index (χ0n) is 8.12. The Kier molecular flexibility index (Phi) is 2.45. The SMILES string of the molecule is COc1cc(C2COC(=O)N2)ccc1F. The van der Waals surface area contributed by atoms with Gasteiger partial charge in [-0.2, -0.15) is 0 Å². The molecule has 1 aromatic carbocycles. The average molecular weight is 211 g/mol. The van der Waals surface area contributed by atoms with E-state index in [2.05, 4.69) is 5.32 Å². The minimum Gasteiger partial charge on any atom is -0.494 e. The molecular formula is C10H10FNO3. The van der Waals surface area contributed by atoms with Crippen molar-refractivity contribution < 1.29 is 18.7 Å². The van der Waals surface area contributed by atoms with Gasteiger partial charge in [-0.15, -0.1) is 0 Å². The number of ether oxygens (including phenoxy) is 2. The Hall–Kier alpha value is -1.78. The van der Waals surface area contributed by atoms with E-state index in [-0.39, 0.29) is 18.4 Å². The van der Waals surface area contributed by atoms with E-state index < -0.39 is 11.9 Å². The number of rotatable bonds is 2. The fraction of sp³-hybridized carbons (Fsp3) is 0.300. The number of methoxy groups -OCH3 is 1. The van der Waals surface area contributed by atoms with Gasteiger partial charge >= 0.3 is 6.09 Å². The van der Waals surface area contributed by atoms with Crippen LogP contribution in [-0.4, -0.2) is 19.8 Å². The third-order valence-corrected chi connectivity index (χ3v) is 2.25. The Balaban J connectivity index is 2.25. The summed E-state index contributed by atoms with van der Waals surface area (Å²) in [4.78, 5) is 10.8. The van der Waals surface area contributed by atoms with Crippen LogP contribution in [0.1, 0.15) is 11.6 Å². The second-order valence-corrected chi connectivity index (χ2v) is 3.19. The Morgan fingerprint density at radius 3 is 3.00 bits per heavy atom. The van der Waals surface area contributed by atoms with Crippen LogP contribution in [0.5, 0.6) is 5.75 Å². The lowest BCUT2D eigenvalue weighted by molar-refractivity contribution is 0.177. The van der Waals surface area contributed by atoms with Gasteiger partial charge in [0.2, 0.25) is 0 Å². The fourth-order valence-electron chi connectivity index (χ4n) is 1.46. The second-order valence-electron chi connectivity index (χ2n) is 3.19. The summed E-state index contributed by atoms with van der Waals surface area (Å²) in [6.07, 6.45) is -0.455. The Morgan fingerprint density at radius 1 is 1.60 bits per heavy atom. The molecule has 1 amide bonds. The van der Waals surface area contributed by atoms with Gasteiger partial charge in [0.25, 0.3) is 0 Å². The van der Waals surface area contributed by atoms with E-state index in [0.29, 0.717) is 0 Å². The number of carbonyl (C=O) groups excluding carboxylic acids is 1. The molecule has 0 bridgehead atoms. The monoisotopic (exact) mass is 211 g/mol. The van der Waals surface area contributed by atoms with Gasteiger partial charge in [0.15, 0.2) is 11.6 Å². The van der Waals surface area contributed by atoms with Crippen LogP contribution in [0.15, 0.2) is 18.2 Å². The molecule has 1 unspecified atom stereocenters. The highest BCUT2D eigenvalue weighted by atomic mass is 19.1. The summed E-state index contributed by atoms with van der Waals surface area (Å²) in [6.45, 7) is 0.258. The van der Waals surface area contributed by atoms with Crippen LogP contribution in [0.25, 0.3) is 0 Å². The molecule has 80 valence electrons. The lowest BCUT2D eigenvalue weighted by atomic mass is 10.1. The molecule has 4 nitrogen and oxygen atoms in total. The Morgan fingerprint density at radius 2 is 2.40 bits per heavy atom. The molecule has 5 heteroatoms. The number of amides is 1. The summed E-state index contributed by atoms with van der Waals surface area (Å²) < 4.78 is 22.7. The van der Waals surface area contributed by atoms with Crippen molar-refractivity contribution in [1.82, 2.24) is 5.32 Å². The van der Waals surface area contributed by atoms with Crippen LogP contribution < -0.4 is 10.1 Å². The quantitative estimate of drug-likeness (QED) is 0.808. The van der Waals surface area contributed by atoms with E-state index in [1.807, 2.05) is 0 Å².